The van der Waals surface area contributed by atoms with Gasteiger partial charge in [0.05, 0.1) is 27.4 Å². The van der Waals surface area contributed by atoms with Gasteiger partial charge in [0, 0.05) is 0 Å². The molecular formula is C9H12BrN2O2-. The highest BCUT2D eigenvalue weighted by Gasteiger charge is 2.22. The third-order valence-electron chi connectivity index (χ3n) is 1.82. The molecule has 0 unspecified atom stereocenters. The molecule has 1 rings (SSSR count). The number of aromatic nitrogens is 2. The monoisotopic (exact) mass is 259 g/mol. The fourth-order valence-electron chi connectivity index (χ4n) is 1.17. The van der Waals surface area contributed by atoms with Gasteiger partial charge in [0.1, 0.15) is 0 Å². The number of carboxylic acid groups (broad SMARTS) is 1. The molecule has 0 radical (unpaired) electrons. The highest BCUT2D eigenvalue weighted by Crippen LogP contribution is 2.25. The molecule has 0 aliphatic carbocycles. The Balaban J connectivity index is 3.45. The van der Waals surface area contributed by atoms with Crippen molar-refractivity contribution in [2.75, 3.05) is 0 Å². The van der Waals surface area contributed by atoms with Crippen molar-refractivity contribution in [3.8, 4) is 0 Å². The molecule has 0 bridgehead atoms. The lowest BCUT2D eigenvalue weighted by Crippen LogP contribution is -2.33. The molecule has 0 spiro atoms. The SMILES string of the molecule is Cc1nn(C(C)(C)C)c(C(=O)[O-])c1Br. The first-order chi connectivity index (χ1) is 6.25. The van der Waals surface area contributed by atoms with Crippen LogP contribution in [0, 0.1) is 6.92 Å². The molecule has 0 aromatic carbocycles. The van der Waals surface area contributed by atoms with Crippen molar-refractivity contribution in [1.82, 2.24) is 9.78 Å². The third kappa shape index (κ3) is 1.82. The second-order valence-electron chi connectivity index (χ2n) is 4.12. The Labute approximate surface area is 91.1 Å². The van der Waals surface area contributed by atoms with Crippen molar-refractivity contribution in [2.45, 2.75) is 33.2 Å². The number of aryl methyl sites for hydroxylation is 1. The van der Waals surface area contributed by atoms with Gasteiger partial charge in [-0.1, -0.05) is 0 Å². The third-order valence-corrected chi connectivity index (χ3v) is 2.77. The normalized spacial score (nSPS) is 11.8. The zero-order chi connectivity index (χ0) is 11.1. The number of hydrogen-bond donors (Lipinski definition) is 0. The molecule has 0 fully saturated rings. The summed E-state index contributed by atoms with van der Waals surface area (Å²) in [5, 5.41) is 15.1. The fourth-order valence-corrected chi connectivity index (χ4v) is 1.58. The first-order valence-corrected chi connectivity index (χ1v) is 5.01. The van der Waals surface area contributed by atoms with Crippen molar-refractivity contribution < 1.29 is 9.90 Å². The van der Waals surface area contributed by atoms with E-state index in [0.717, 1.165) is 0 Å². The minimum atomic E-state index is -1.22. The van der Waals surface area contributed by atoms with Crippen LogP contribution in [0.2, 0.25) is 0 Å². The van der Waals surface area contributed by atoms with E-state index < -0.39 is 5.97 Å². The summed E-state index contributed by atoms with van der Waals surface area (Å²) >= 11 is 3.19. The molecule has 5 heteroatoms. The van der Waals surface area contributed by atoms with Crippen LogP contribution < -0.4 is 5.11 Å². The predicted molar refractivity (Wildman–Crippen MR) is 54.0 cm³/mol. The topological polar surface area (TPSA) is 58.0 Å². The van der Waals surface area contributed by atoms with E-state index in [4.69, 9.17) is 0 Å². The summed E-state index contributed by atoms with van der Waals surface area (Å²) in [4.78, 5) is 10.9. The van der Waals surface area contributed by atoms with Crippen LogP contribution in [0.5, 0.6) is 0 Å². The largest absolute Gasteiger partial charge is 0.543 e. The van der Waals surface area contributed by atoms with Crippen molar-refractivity contribution in [3.63, 3.8) is 0 Å². The number of aromatic carboxylic acids is 1. The van der Waals surface area contributed by atoms with E-state index in [1.54, 1.807) is 6.92 Å². The van der Waals surface area contributed by atoms with Crippen molar-refractivity contribution in [3.05, 3.63) is 15.9 Å². The van der Waals surface area contributed by atoms with Gasteiger partial charge >= 0.3 is 0 Å². The summed E-state index contributed by atoms with van der Waals surface area (Å²) in [5.74, 6) is -1.22. The van der Waals surface area contributed by atoms with Gasteiger partial charge in [-0.25, -0.2) is 0 Å². The maximum Gasteiger partial charge on any atom is 0.0988 e. The number of carbonyl (C=O) groups excluding carboxylic acids is 1. The van der Waals surface area contributed by atoms with E-state index in [-0.39, 0.29) is 11.2 Å². The van der Waals surface area contributed by atoms with E-state index >= 15 is 0 Å². The van der Waals surface area contributed by atoms with E-state index in [9.17, 15) is 9.90 Å². The van der Waals surface area contributed by atoms with Gasteiger partial charge in [-0.05, 0) is 43.6 Å². The van der Waals surface area contributed by atoms with Gasteiger partial charge in [0.2, 0.25) is 0 Å². The highest BCUT2D eigenvalue weighted by molar-refractivity contribution is 9.10. The summed E-state index contributed by atoms with van der Waals surface area (Å²) < 4.78 is 1.95. The molecule has 0 aliphatic heterocycles. The zero-order valence-corrected chi connectivity index (χ0v) is 10.2. The Morgan fingerprint density at radius 1 is 1.50 bits per heavy atom. The lowest BCUT2D eigenvalue weighted by atomic mass is 10.1. The van der Waals surface area contributed by atoms with E-state index in [0.29, 0.717) is 10.2 Å². The van der Waals surface area contributed by atoms with Crippen LogP contribution in [0.1, 0.15) is 37.0 Å². The lowest BCUT2D eigenvalue weighted by Gasteiger charge is -2.22. The average molecular weight is 260 g/mol. The Kier molecular flexibility index (Phi) is 2.71. The molecule has 14 heavy (non-hydrogen) atoms. The summed E-state index contributed by atoms with van der Waals surface area (Å²) in [6.45, 7) is 7.41. The molecule has 0 N–H and O–H groups in total. The minimum Gasteiger partial charge on any atom is -0.543 e. The van der Waals surface area contributed by atoms with Crippen molar-refractivity contribution >= 4 is 21.9 Å². The predicted octanol–water partition coefficient (Wildman–Crippen LogP) is 1.07. The first kappa shape index (κ1) is 11.2. The van der Waals surface area contributed by atoms with Gasteiger partial charge in [0.25, 0.3) is 0 Å². The lowest BCUT2D eigenvalue weighted by molar-refractivity contribution is -0.256. The number of halogens is 1. The maximum absolute atomic E-state index is 10.9. The van der Waals surface area contributed by atoms with E-state index in [1.165, 1.54) is 4.68 Å². The summed E-state index contributed by atoms with van der Waals surface area (Å²) in [6.07, 6.45) is 0. The number of rotatable bonds is 1. The molecule has 4 nitrogen and oxygen atoms in total. The van der Waals surface area contributed by atoms with Crippen molar-refractivity contribution in [1.29, 1.82) is 0 Å². The summed E-state index contributed by atoms with van der Waals surface area (Å²) in [5.41, 5.74) is 0.376. The molecule has 1 aromatic rings. The Morgan fingerprint density at radius 3 is 2.29 bits per heavy atom. The molecule has 0 aliphatic rings. The molecule has 0 amide bonds. The Bertz CT molecular complexity index is 377. The van der Waals surface area contributed by atoms with Crippen LogP contribution in [0.25, 0.3) is 0 Å². The number of carbonyl (C=O) groups is 1. The molecule has 78 valence electrons. The van der Waals surface area contributed by atoms with Crippen LogP contribution in [0.15, 0.2) is 4.47 Å². The summed E-state index contributed by atoms with van der Waals surface area (Å²) in [7, 11) is 0. The van der Waals surface area contributed by atoms with E-state index in [1.807, 2.05) is 20.8 Å². The van der Waals surface area contributed by atoms with Gasteiger partial charge in [0.15, 0.2) is 0 Å². The Morgan fingerprint density at radius 2 is 2.00 bits per heavy atom. The smallest absolute Gasteiger partial charge is 0.0988 e. The zero-order valence-electron chi connectivity index (χ0n) is 8.59. The van der Waals surface area contributed by atoms with Gasteiger partial charge < -0.3 is 9.90 Å². The second kappa shape index (κ2) is 3.38. The average Bonchev–Trinajstić information content (AvgIpc) is 2.27. The number of hydrogen-bond acceptors (Lipinski definition) is 3. The molecule has 1 heterocycles. The Hall–Kier alpha value is -0.840. The fraction of sp³-hybridized carbons (Fsp3) is 0.556. The highest BCUT2D eigenvalue weighted by atomic mass is 79.9. The van der Waals surface area contributed by atoms with Crippen LogP contribution in [-0.2, 0) is 5.54 Å². The van der Waals surface area contributed by atoms with Gasteiger partial charge in [-0.15, -0.1) is 0 Å². The standard InChI is InChI=1S/C9H13BrN2O2/c1-5-6(10)7(8(13)14)12(11-5)9(2,3)4/h1-4H3,(H,13,14)/p-1. The molecular weight excluding hydrogens is 248 g/mol. The molecule has 0 saturated carbocycles. The first-order valence-electron chi connectivity index (χ1n) is 4.22. The van der Waals surface area contributed by atoms with Gasteiger partial charge in [-0.3, -0.25) is 4.68 Å². The maximum atomic E-state index is 10.9. The van der Waals surface area contributed by atoms with Crippen LogP contribution in [0.3, 0.4) is 0 Å². The van der Waals surface area contributed by atoms with Crippen molar-refractivity contribution in [2.24, 2.45) is 0 Å². The quantitative estimate of drug-likeness (QED) is 0.759. The van der Waals surface area contributed by atoms with E-state index in [2.05, 4.69) is 21.0 Å². The second-order valence-corrected chi connectivity index (χ2v) is 4.91. The summed E-state index contributed by atoms with van der Waals surface area (Å²) in [6, 6.07) is 0. The van der Waals surface area contributed by atoms with Crippen LogP contribution in [-0.4, -0.2) is 15.7 Å². The van der Waals surface area contributed by atoms with Crippen LogP contribution in [0.4, 0.5) is 0 Å². The van der Waals surface area contributed by atoms with Crippen LogP contribution >= 0.6 is 15.9 Å². The minimum absolute atomic E-state index is 0.0926. The number of nitrogens with zero attached hydrogens (tertiary/aromatic N) is 2. The molecule has 1 aromatic heterocycles. The molecule has 0 atom stereocenters. The number of carboxylic acids is 1. The molecule has 0 saturated heterocycles. The van der Waals surface area contributed by atoms with Gasteiger partial charge in [-0.2, -0.15) is 5.10 Å².